The summed E-state index contributed by atoms with van der Waals surface area (Å²) in [5.74, 6) is -8.51. The predicted molar refractivity (Wildman–Crippen MR) is 148 cm³/mol. The molecule has 9 nitrogen and oxygen atoms in total. The average molecular weight is 615 g/mol. The van der Waals surface area contributed by atoms with Crippen molar-refractivity contribution in [3.05, 3.63) is 71.1 Å². The van der Waals surface area contributed by atoms with Crippen LogP contribution in [-0.4, -0.2) is 61.0 Å². The molecule has 218 valence electrons. The Morgan fingerprint density at radius 1 is 1.02 bits per heavy atom. The van der Waals surface area contributed by atoms with Crippen LogP contribution >= 0.6 is 23.2 Å². The van der Waals surface area contributed by atoms with E-state index in [1.54, 1.807) is 31.2 Å². The molecule has 0 unspecified atom stereocenters. The van der Waals surface area contributed by atoms with Crippen molar-refractivity contribution in [3.63, 3.8) is 0 Å². The number of halogens is 3. The zero-order valence-electron chi connectivity index (χ0n) is 22.2. The van der Waals surface area contributed by atoms with E-state index in [1.165, 1.54) is 12.1 Å². The SMILES string of the molecule is Cc1cccc([C@H]2C3=CC[C@@H]4C(=O)N(CCC(=O)O)C(=O)[C@@H]4[C@@H]3C[C@@]3(Cl)C(=O)N(c4ccc(F)cc4)C(=O)[C@@]23Cl)c1O. The highest BCUT2D eigenvalue weighted by atomic mass is 35.5. The number of fused-ring (bicyclic) bond motifs is 4. The van der Waals surface area contributed by atoms with Gasteiger partial charge in [0, 0.05) is 18.0 Å². The van der Waals surface area contributed by atoms with E-state index in [1.807, 2.05) is 0 Å². The fourth-order valence-electron chi connectivity index (χ4n) is 7.15. The first kappa shape index (κ1) is 28.4. The summed E-state index contributed by atoms with van der Waals surface area (Å²) in [6.45, 7) is 1.36. The van der Waals surface area contributed by atoms with Crippen molar-refractivity contribution in [2.45, 2.75) is 41.9 Å². The molecule has 6 atom stereocenters. The maximum absolute atomic E-state index is 14.3. The summed E-state index contributed by atoms with van der Waals surface area (Å²) < 4.78 is 13.7. The number of allylic oxidation sites excluding steroid dienone is 2. The predicted octanol–water partition coefficient (Wildman–Crippen LogP) is 3.88. The number of likely N-dealkylation sites (tertiary alicyclic amines) is 1. The number of benzene rings is 2. The van der Waals surface area contributed by atoms with Gasteiger partial charge in [0.1, 0.15) is 11.6 Å². The normalized spacial score (nSPS) is 32.0. The number of aliphatic carboxylic acids is 1. The Kier molecular flexibility index (Phi) is 6.51. The van der Waals surface area contributed by atoms with Gasteiger partial charge >= 0.3 is 5.97 Å². The molecular weight excluding hydrogens is 590 g/mol. The molecule has 4 amide bonds. The van der Waals surface area contributed by atoms with Gasteiger partial charge < -0.3 is 10.2 Å². The summed E-state index contributed by atoms with van der Waals surface area (Å²) in [5, 5.41) is 20.3. The molecule has 2 heterocycles. The molecule has 2 aromatic rings. The van der Waals surface area contributed by atoms with E-state index in [0.717, 1.165) is 21.9 Å². The summed E-state index contributed by atoms with van der Waals surface area (Å²) in [5.41, 5.74) is 1.25. The lowest BCUT2D eigenvalue weighted by molar-refractivity contribution is -0.142. The minimum Gasteiger partial charge on any atom is -0.507 e. The molecule has 3 fully saturated rings. The van der Waals surface area contributed by atoms with E-state index in [2.05, 4.69) is 0 Å². The van der Waals surface area contributed by atoms with Gasteiger partial charge in [-0.05, 0) is 55.5 Å². The molecule has 0 aromatic heterocycles. The Bertz CT molecular complexity index is 1610. The number of phenols is 1. The zero-order valence-corrected chi connectivity index (χ0v) is 23.7. The lowest BCUT2D eigenvalue weighted by Crippen LogP contribution is -2.60. The molecule has 4 aliphatic rings. The number of alkyl halides is 2. The van der Waals surface area contributed by atoms with Crippen LogP contribution in [0.5, 0.6) is 5.75 Å². The number of carboxylic acid groups (broad SMARTS) is 1. The minimum absolute atomic E-state index is 0.0508. The van der Waals surface area contributed by atoms with Gasteiger partial charge in [0.25, 0.3) is 11.8 Å². The highest BCUT2D eigenvalue weighted by Crippen LogP contribution is 2.66. The standard InChI is InChI=1S/C30H25Cl2FN2O7/c1-14-3-2-4-19(24(14)38)23-17-9-10-18-22(26(40)34(25(18)39)12-11-21(36)37)20(17)13-29(31)27(41)35(28(42)30(23,29)32)16-7-5-15(33)6-8-16/h2-9,18,20,22-23,38H,10-13H2,1H3,(H,36,37)/t18-,20+,22-,23+,29+,30-/m0/s1. The molecule has 1 saturated carbocycles. The van der Waals surface area contributed by atoms with Gasteiger partial charge in [-0.1, -0.05) is 29.8 Å². The number of carbonyl (C=O) groups excluding carboxylic acids is 4. The van der Waals surface area contributed by atoms with Crippen LogP contribution in [0.4, 0.5) is 10.1 Å². The number of hydrogen-bond donors (Lipinski definition) is 2. The highest BCUT2D eigenvalue weighted by molar-refractivity contribution is 6.58. The molecule has 6 rings (SSSR count). The molecule has 12 heteroatoms. The van der Waals surface area contributed by atoms with Crippen molar-refractivity contribution in [3.8, 4) is 5.75 Å². The fraction of sp³-hybridized carbons (Fsp3) is 0.367. The van der Waals surface area contributed by atoms with Crippen LogP contribution in [0.15, 0.2) is 54.1 Å². The number of anilines is 1. The van der Waals surface area contributed by atoms with Crippen molar-refractivity contribution in [2.75, 3.05) is 11.4 Å². The monoisotopic (exact) mass is 614 g/mol. The van der Waals surface area contributed by atoms with Crippen LogP contribution in [0, 0.1) is 30.5 Å². The second-order valence-corrected chi connectivity index (χ2v) is 12.5. The van der Waals surface area contributed by atoms with Gasteiger partial charge in [0.15, 0.2) is 9.75 Å². The van der Waals surface area contributed by atoms with Crippen molar-refractivity contribution < 1.29 is 38.6 Å². The number of aryl methyl sites for hydroxylation is 1. The van der Waals surface area contributed by atoms with E-state index in [9.17, 15) is 33.5 Å². The minimum atomic E-state index is -2.16. The topological polar surface area (TPSA) is 132 Å². The van der Waals surface area contributed by atoms with E-state index >= 15 is 0 Å². The number of carboxylic acids is 1. The van der Waals surface area contributed by atoms with Gasteiger partial charge in [0.2, 0.25) is 11.8 Å². The van der Waals surface area contributed by atoms with Crippen LogP contribution in [0.1, 0.15) is 36.3 Å². The number of carbonyl (C=O) groups is 5. The molecule has 0 bridgehead atoms. The molecule has 2 aliphatic carbocycles. The van der Waals surface area contributed by atoms with Crippen molar-refractivity contribution in [2.24, 2.45) is 17.8 Å². The van der Waals surface area contributed by atoms with E-state index in [4.69, 9.17) is 28.3 Å². The van der Waals surface area contributed by atoms with Crippen molar-refractivity contribution >= 4 is 58.5 Å². The number of hydrogen-bond acceptors (Lipinski definition) is 6. The Morgan fingerprint density at radius 2 is 1.71 bits per heavy atom. The van der Waals surface area contributed by atoms with Gasteiger partial charge in [-0.15, -0.1) is 23.2 Å². The first-order valence-electron chi connectivity index (χ1n) is 13.4. The Morgan fingerprint density at radius 3 is 2.38 bits per heavy atom. The van der Waals surface area contributed by atoms with Crippen molar-refractivity contribution in [1.82, 2.24) is 4.90 Å². The number of nitrogens with zero attached hydrogens (tertiary/aromatic N) is 2. The first-order valence-corrected chi connectivity index (χ1v) is 14.2. The molecule has 2 N–H and O–H groups in total. The van der Waals surface area contributed by atoms with E-state index in [-0.39, 0.29) is 36.4 Å². The number of amides is 4. The number of para-hydroxylation sites is 1. The van der Waals surface area contributed by atoms with Crippen LogP contribution in [0.25, 0.3) is 0 Å². The highest BCUT2D eigenvalue weighted by Gasteiger charge is 2.76. The Hall–Kier alpha value is -3.76. The smallest absolute Gasteiger partial charge is 0.305 e. The van der Waals surface area contributed by atoms with Crippen molar-refractivity contribution in [1.29, 1.82) is 0 Å². The molecule has 42 heavy (non-hydrogen) atoms. The van der Waals surface area contributed by atoms with E-state index in [0.29, 0.717) is 11.1 Å². The second-order valence-electron chi connectivity index (χ2n) is 11.2. The lowest BCUT2D eigenvalue weighted by atomic mass is 9.56. The first-order chi connectivity index (χ1) is 19.8. The second kappa shape index (κ2) is 9.64. The Labute approximate surface area is 249 Å². The number of imide groups is 2. The molecule has 2 aliphatic heterocycles. The third-order valence-corrected chi connectivity index (χ3v) is 10.5. The van der Waals surface area contributed by atoms with Gasteiger partial charge in [-0.3, -0.25) is 28.9 Å². The lowest BCUT2D eigenvalue weighted by Gasteiger charge is -2.50. The number of rotatable bonds is 5. The molecule has 0 spiro atoms. The van der Waals surface area contributed by atoms with Crippen LogP contribution in [0.2, 0.25) is 0 Å². The molecule has 0 radical (unpaired) electrons. The Balaban J connectivity index is 1.53. The largest absolute Gasteiger partial charge is 0.507 e. The van der Waals surface area contributed by atoms with Gasteiger partial charge in [-0.25, -0.2) is 9.29 Å². The number of aromatic hydroxyl groups is 1. The summed E-state index contributed by atoms with van der Waals surface area (Å²) in [7, 11) is 0. The third kappa shape index (κ3) is 3.70. The molecule has 2 aromatic carbocycles. The quantitative estimate of drug-likeness (QED) is 0.297. The molecule has 2 saturated heterocycles. The maximum atomic E-state index is 14.3. The maximum Gasteiger partial charge on any atom is 0.305 e. The third-order valence-electron chi connectivity index (χ3n) is 9.12. The average Bonchev–Trinajstić information content (AvgIpc) is 3.27. The molecular formula is C30H25Cl2FN2O7. The van der Waals surface area contributed by atoms with Gasteiger partial charge in [-0.2, -0.15) is 0 Å². The fourth-order valence-corrected chi connectivity index (χ4v) is 8.08. The summed E-state index contributed by atoms with van der Waals surface area (Å²) >= 11 is 14.5. The van der Waals surface area contributed by atoms with Gasteiger partial charge in [0.05, 0.1) is 23.9 Å². The summed E-state index contributed by atoms with van der Waals surface area (Å²) in [4.78, 5) is 64.0. The summed E-state index contributed by atoms with van der Waals surface area (Å²) in [6, 6.07) is 9.57. The van der Waals surface area contributed by atoms with Crippen LogP contribution < -0.4 is 4.90 Å². The van der Waals surface area contributed by atoms with Crippen LogP contribution in [0.3, 0.4) is 0 Å². The zero-order chi connectivity index (χ0) is 30.3. The summed E-state index contributed by atoms with van der Waals surface area (Å²) in [6.07, 6.45) is 1.14. The number of phenolic OH excluding ortho intramolecular Hbond substituents is 1. The van der Waals surface area contributed by atoms with E-state index < -0.39 is 75.3 Å². The van der Waals surface area contributed by atoms with Crippen LogP contribution in [-0.2, 0) is 24.0 Å².